The van der Waals surface area contributed by atoms with Crippen molar-refractivity contribution in [2.75, 3.05) is 14.2 Å². The summed E-state index contributed by atoms with van der Waals surface area (Å²) in [5.74, 6) is 1.67. The number of benzene rings is 2. The van der Waals surface area contributed by atoms with Crippen LogP contribution < -0.4 is 9.47 Å². The van der Waals surface area contributed by atoms with Gasteiger partial charge < -0.3 is 9.47 Å². The summed E-state index contributed by atoms with van der Waals surface area (Å²) in [5.41, 5.74) is 2.57. The first-order chi connectivity index (χ1) is 9.55. The number of ether oxygens (including phenoxy) is 2. The van der Waals surface area contributed by atoms with E-state index >= 15 is 0 Å². The van der Waals surface area contributed by atoms with E-state index in [1.54, 1.807) is 14.2 Å². The lowest BCUT2D eigenvalue weighted by Gasteiger charge is -2.26. The highest BCUT2D eigenvalue weighted by Crippen LogP contribution is 2.33. The molecule has 106 valence electrons. The van der Waals surface area contributed by atoms with Crippen LogP contribution in [0.3, 0.4) is 0 Å². The van der Waals surface area contributed by atoms with Crippen LogP contribution in [0.4, 0.5) is 0 Å². The highest BCUT2D eigenvalue weighted by atomic mass is 16.5. The van der Waals surface area contributed by atoms with E-state index in [1.807, 2.05) is 12.1 Å². The monoisotopic (exact) mass is 270 g/mol. The fourth-order valence-corrected chi connectivity index (χ4v) is 2.41. The van der Waals surface area contributed by atoms with Gasteiger partial charge >= 0.3 is 0 Å². The lowest BCUT2D eigenvalue weighted by atomic mass is 9.79. The normalized spacial score (nSPS) is 11.2. The largest absolute Gasteiger partial charge is 0.497 e. The predicted octanol–water partition coefficient (Wildman–Crippen LogP) is 4.22. The smallest absolute Gasteiger partial charge is 0.122 e. The van der Waals surface area contributed by atoms with Crippen molar-refractivity contribution in [3.8, 4) is 11.5 Å². The zero-order chi connectivity index (χ0) is 14.6. The first kappa shape index (κ1) is 14.4. The van der Waals surface area contributed by atoms with E-state index < -0.39 is 0 Å². The van der Waals surface area contributed by atoms with Gasteiger partial charge in [-0.3, -0.25) is 0 Å². The number of methoxy groups -OCH3 is 2. The Morgan fingerprint density at radius 3 is 1.90 bits per heavy atom. The summed E-state index contributed by atoms with van der Waals surface area (Å²) in [7, 11) is 3.37. The second-order valence-electron chi connectivity index (χ2n) is 5.65. The fraction of sp³-hybridized carbons (Fsp3) is 0.333. The van der Waals surface area contributed by atoms with Crippen molar-refractivity contribution >= 4 is 0 Å². The molecule has 2 aromatic rings. The Morgan fingerprint density at radius 2 is 1.40 bits per heavy atom. The Morgan fingerprint density at radius 1 is 0.850 bits per heavy atom. The molecule has 2 rings (SSSR count). The molecule has 0 aliphatic carbocycles. The Labute approximate surface area is 121 Å². The molecule has 0 fully saturated rings. The maximum atomic E-state index is 5.36. The molecular weight excluding hydrogens is 248 g/mol. The molecule has 2 nitrogen and oxygen atoms in total. The maximum absolute atomic E-state index is 5.36. The minimum absolute atomic E-state index is 0.0170. The van der Waals surface area contributed by atoms with Gasteiger partial charge in [0.15, 0.2) is 0 Å². The Bertz CT molecular complexity index is 537. The van der Waals surface area contributed by atoms with Gasteiger partial charge in [0.2, 0.25) is 0 Å². The first-order valence-electron chi connectivity index (χ1n) is 6.82. The Balaban J connectivity index is 2.33. The molecule has 20 heavy (non-hydrogen) atoms. The molecule has 0 radical (unpaired) electrons. The van der Waals surface area contributed by atoms with Gasteiger partial charge in [0.25, 0.3) is 0 Å². The highest BCUT2D eigenvalue weighted by molar-refractivity contribution is 5.42. The summed E-state index contributed by atoms with van der Waals surface area (Å²) >= 11 is 0. The molecular formula is C18H22O2. The van der Waals surface area contributed by atoms with Crippen LogP contribution in [0.2, 0.25) is 0 Å². The van der Waals surface area contributed by atoms with E-state index in [9.17, 15) is 0 Å². The average Bonchev–Trinajstić information content (AvgIpc) is 2.47. The van der Waals surface area contributed by atoms with Gasteiger partial charge in [-0.2, -0.15) is 0 Å². The van der Waals surface area contributed by atoms with Crippen LogP contribution in [-0.4, -0.2) is 14.2 Å². The zero-order valence-electron chi connectivity index (χ0n) is 12.6. The molecule has 0 heterocycles. The van der Waals surface area contributed by atoms with E-state index in [0.29, 0.717) is 0 Å². The van der Waals surface area contributed by atoms with Gasteiger partial charge in [-0.05, 0) is 35.1 Å². The van der Waals surface area contributed by atoms with Gasteiger partial charge in [-0.1, -0.05) is 44.2 Å². The molecule has 0 atom stereocenters. The molecule has 0 aliphatic rings. The Kier molecular flexibility index (Phi) is 4.33. The summed E-state index contributed by atoms with van der Waals surface area (Å²) < 4.78 is 10.7. The van der Waals surface area contributed by atoms with Gasteiger partial charge in [0.05, 0.1) is 14.2 Å². The van der Waals surface area contributed by atoms with Crippen LogP contribution in [0, 0.1) is 0 Å². The number of hydrogen-bond donors (Lipinski definition) is 0. The first-order valence-corrected chi connectivity index (χ1v) is 6.82. The summed E-state index contributed by atoms with van der Waals surface area (Å²) in [4.78, 5) is 0. The molecule has 0 saturated carbocycles. The SMILES string of the molecule is COc1cc(OC)cc(C(C)(C)Cc2ccccc2)c1. The van der Waals surface area contributed by atoms with Crippen LogP contribution in [0.15, 0.2) is 48.5 Å². The van der Waals surface area contributed by atoms with Gasteiger partial charge in [0.1, 0.15) is 11.5 Å². The second kappa shape index (κ2) is 6.00. The van der Waals surface area contributed by atoms with Crippen molar-refractivity contribution in [3.05, 3.63) is 59.7 Å². The zero-order valence-corrected chi connectivity index (χ0v) is 12.6. The Hall–Kier alpha value is -1.96. The topological polar surface area (TPSA) is 18.5 Å². The third kappa shape index (κ3) is 3.32. The van der Waals surface area contributed by atoms with E-state index in [4.69, 9.17) is 9.47 Å². The molecule has 0 unspecified atom stereocenters. The minimum Gasteiger partial charge on any atom is -0.497 e. The summed E-state index contributed by atoms with van der Waals surface area (Å²) in [6.07, 6.45) is 0.976. The minimum atomic E-state index is 0.0170. The van der Waals surface area contributed by atoms with Crippen LogP contribution in [0.25, 0.3) is 0 Å². The standard InChI is InChI=1S/C18H22O2/c1-18(2,13-14-8-6-5-7-9-14)15-10-16(19-3)12-17(11-15)20-4/h5-12H,13H2,1-4H3. The second-order valence-corrected chi connectivity index (χ2v) is 5.65. The van der Waals surface area contributed by atoms with Gasteiger partial charge in [0, 0.05) is 6.07 Å². The average molecular weight is 270 g/mol. The highest BCUT2D eigenvalue weighted by Gasteiger charge is 2.22. The number of hydrogen-bond acceptors (Lipinski definition) is 2. The quantitative estimate of drug-likeness (QED) is 0.809. The lowest BCUT2D eigenvalue weighted by Crippen LogP contribution is -2.20. The fourth-order valence-electron chi connectivity index (χ4n) is 2.41. The van der Waals surface area contributed by atoms with E-state index in [2.05, 4.69) is 50.2 Å². The van der Waals surface area contributed by atoms with Crippen molar-refractivity contribution in [2.24, 2.45) is 0 Å². The molecule has 0 amide bonds. The molecule has 0 aromatic heterocycles. The molecule has 0 bridgehead atoms. The van der Waals surface area contributed by atoms with Gasteiger partial charge in [-0.15, -0.1) is 0 Å². The third-order valence-electron chi connectivity index (χ3n) is 3.62. The summed E-state index contributed by atoms with van der Waals surface area (Å²) in [6.45, 7) is 4.49. The van der Waals surface area contributed by atoms with Crippen LogP contribution >= 0.6 is 0 Å². The molecule has 2 aromatic carbocycles. The molecule has 0 aliphatic heterocycles. The van der Waals surface area contributed by atoms with Crippen molar-refractivity contribution in [3.63, 3.8) is 0 Å². The van der Waals surface area contributed by atoms with E-state index in [1.165, 1.54) is 11.1 Å². The van der Waals surface area contributed by atoms with Crippen LogP contribution in [0.1, 0.15) is 25.0 Å². The lowest BCUT2D eigenvalue weighted by molar-refractivity contribution is 0.389. The number of rotatable bonds is 5. The van der Waals surface area contributed by atoms with Crippen molar-refractivity contribution in [2.45, 2.75) is 25.7 Å². The van der Waals surface area contributed by atoms with E-state index in [-0.39, 0.29) is 5.41 Å². The predicted molar refractivity (Wildman–Crippen MR) is 82.7 cm³/mol. The van der Waals surface area contributed by atoms with Crippen molar-refractivity contribution < 1.29 is 9.47 Å². The van der Waals surface area contributed by atoms with Crippen LogP contribution in [0.5, 0.6) is 11.5 Å². The van der Waals surface area contributed by atoms with Crippen molar-refractivity contribution in [1.82, 2.24) is 0 Å². The van der Waals surface area contributed by atoms with Crippen molar-refractivity contribution in [1.29, 1.82) is 0 Å². The molecule has 0 spiro atoms. The summed E-state index contributed by atoms with van der Waals surface area (Å²) in [6, 6.07) is 16.6. The summed E-state index contributed by atoms with van der Waals surface area (Å²) in [5, 5.41) is 0. The van der Waals surface area contributed by atoms with Crippen LogP contribution in [-0.2, 0) is 11.8 Å². The van der Waals surface area contributed by atoms with E-state index in [0.717, 1.165) is 17.9 Å². The molecule has 0 saturated heterocycles. The maximum Gasteiger partial charge on any atom is 0.122 e. The third-order valence-corrected chi connectivity index (χ3v) is 3.62. The molecule has 2 heteroatoms. The van der Waals surface area contributed by atoms with Gasteiger partial charge in [-0.25, -0.2) is 0 Å². The molecule has 0 N–H and O–H groups in total.